The maximum absolute atomic E-state index is 12.8. The molecule has 0 aliphatic rings. The minimum absolute atomic E-state index is 0.343. The fraction of sp³-hybridized carbons (Fsp3) is 0.909. The van der Waals surface area contributed by atoms with Gasteiger partial charge in [-0.05, 0) is 12.3 Å². The second-order valence-electron chi connectivity index (χ2n) is 5.22. The van der Waals surface area contributed by atoms with Gasteiger partial charge in [-0.15, -0.1) is 0 Å². The van der Waals surface area contributed by atoms with Gasteiger partial charge < -0.3 is 11.1 Å². The molecule has 0 spiro atoms. The van der Waals surface area contributed by atoms with Crippen molar-refractivity contribution in [3.8, 4) is 0 Å². The lowest BCUT2D eigenvalue weighted by molar-refractivity contribution is -0.131. The van der Waals surface area contributed by atoms with Crippen LogP contribution in [-0.2, 0) is 4.79 Å². The van der Waals surface area contributed by atoms with E-state index in [0.29, 0.717) is 12.3 Å². The van der Waals surface area contributed by atoms with Crippen molar-refractivity contribution < 1.29 is 13.6 Å². The van der Waals surface area contributed by atoms with E-state index in [-0.39, 0.29) is 5.91 Å². The summed E-state index contributed by atoms with van der Waals surface area (Å²) in [5, 5.41) is 2.25. The average molecular weight is 236 g/mol. The summed E-state index contributed by atoms with van der Waals surface area (Å²) < 4.78 is 25.6. The highest BCUT2D eigenvalue weighted by Crippen LogP contribution is 2.25. The number of halogens is 2. The Kier molecular flexibility index (Phi) is 5.32. The van der Waals surface area contributed by atoms with E-state index in [2.05, 4.69) is 5.32 Å². The zero-order chi connectivity index (χ0) is 13.0. The molecular weight excluding hydrogens is 214 g/mol. The largest absolute Gasteiger partial charge is 0.350 e. The molecule has 0 aromatic rings. The molecule has 96 valence electrons. The molecule has 5 heteroatoms. The van der Waals surface area contributed by atoms with Crippen LogP contribution >= 0.6 is 0 Å². The van der Waals surface area contributed by atoms with Crippen LogP contribution in [0.3, 0.4) is 0 Å². The third-order valence-corrected chi connectivity index (χ3v) is 2.34. The van der Waals surface area contributed by atoms with Crippen LogP contribution in [0.25, 0.3) is 0 Å². The van der Waals surface area contributed by atoms with Gasteiger partial charge >= 0.3 is 0 Å². The van der Waals surface area contributed by atoms with Crippen LogP contribution in [0.15, 0.2) is 0 Å². The van der Waals surface area contributed by atoms with Gasteiger partial charge in [-0.2, -0.15) is 0 Å². The molecule has 0 saturated carbocycles. The number of carbonyl (C=O) groups is 1. The molecule has 0 aliphatic heterocycles. The van der Waals surface area contributed by atoms with Crippen molar-refractivity contribution >= 4 is 5.91 Å². The van der Waals surface area contributed by atoms with Crippen molar-refractivity contribution in [3.63, 3.8) is 0 Å². The number of carbonyl (C=O) groups excluding carboxylic acids is 1. The number of nitrogens with one attached hydrogen (secondary N) is 1. The van der Waals surface area contributed by atoms with Gasteiger partial charge in [0.25, 0.3) is 5.92 Å². The maximum atomic E-state index is 12.8. The number of alkyl halides is 2. The molecule has 0 bridgehead atoms. The lowest BCUT2D eigenvalue weighted by Crippen LogP contribution is -2.46. The predicted molar refractivity (Wildman–Crippen MR) is 60.2 cm³/mol. The van der Waals surface area contributed by atoms with Gasteiger partial charge in [-0.1, -0.05) is 27.7 Å². The number of rotatable bonds is 6. The predicted octanol–water partition coefficient (Wildman–Crippen LogP) is 1.77. The second-order valence-corrected chi connectivity index (χ2v) is 5.22. The average Bonchev–Trinajstić information content (AvgIpc) is 2.12. The van der Waals surface area contributed by atoms with Gasteiger partial charge in [0.05, 0.1) is 13.1 Å². The Hall–Kier alpha value is -0.710. The van der Waals surface area contributed by atoms with Crippen LogP contribution in [-0.4, -0.2) is 24.9 Å². The molecule has 0 fully saturated rings. The molecule has 0 rings (SSSR count). The molecule has 0 aromatic heterocycles. The summed E-state index contributed by atoms with van der Waals surface area (Å²) in [6.07, 6.45) is 0.660. The van der Waals surface area contributed by atoms with Crippen molar-refractivity contribution in [2.24, 2.45) is 17.1 Å². The van der Waals surface area contributed by atoms with Crippen molar-refractivity contribution in [3.05, 3.63) is 0 Å². The summed E-state index contributed by atoms with van der Waals surface area (Å²) in [6.45, 7) is 6.04. The number of amides is 1. The van der Waals surface area contributed by atoms with E-state index in [1.165, 1.54) is 0 Å². The fourth-order valence-electron chi connectivity index (χ4n) is 1.63. The molecule has 0 radical (unpaired) electrons. The monoisotopic (exact) mass is 236 g/mol. The Balaban J connectivity index is 4.25. The fourth-order valence-corrected chi connectivity index (χ4v) is 1.63. The van der Waals surface area contributed by atoms with Crippen LogP contribution in [0.4, 0.5) is 8.78 Å². The van der Waals surface area contributed by atoms with E-state index >= 15 is 0 Å². The van der Waals surface area contributed by atoms with Crippen LogP contribution in [0.2, 0.25) is 0 Å². The maximum Gasteiger partial charge on any atom is 0.277 e. The first-order valence-electron chi connectivity index (χ1n) is 5.47. The zero-order valence-corrected chi connectivity index (χ0v) is 10.4. The Bertz CT molecular complexity index is 240. The molecule has 0 unspecified atom stereocenters. The van der Waals surface area contributed by atoms with Crippen molar-refractivity contribution in [2.45, 2.75) is 40.0 Å². The van der Waals surface area contributed by atoms with E-state index in [9.17, 15) is 13.6 Å². The smallest absolute Gasteiger partial charge is 0.277 e. The number of hydrogen-bond donors (Lipinski definition) is 2. The van der Waals surface area contributed by atoms with E-state index in [4.69, 9.17) is 5.73 Å². The molecule has 0 aromatic carbocycles. The Morgan fingerprint density at radius 2 is 1.88 bits per heavy atom. The Labute approximate surface area is 95.8 Å². The molecule has 3 nitrogen and oxygen atoms in total. The zero-order valence-electron chi connectivity index (χ0n) is 10.4. The summed E-state index contributed by atoms with van der Waals surface area (Å²) in [4.78, 5) is 11.7. The molecule has 0 aliphatic carbocycles. The lowest BCUT2D eigenvalue weighted by Gasteiger charge is -2.26. The first-order valence-corrected chi connectivity index (χ1v) is 5.47. The van der Waals surface area contributed by atoms with Crippen molar-refractivity contribution in [1.29, 1.82) is 0 Å². The summed E-state index contributed by atoms with van der Waals surface area (Å²) in [7, 11) is 0. The topological polar surface area (TPSA) is 55.1 Å². The summed E-state index contributed by atoms with van der Waals surface area (Å²) in [5.41, 5.74) is 4.25. The van der Waals surface area contributed by atoms with Crippen LogP contribution in [0.5, 0.6) is 0 Å². The summed E-state index contributed by atoms with van der Waals surface area (Å²) >= 11 is 0. The molecule has 0 heterocycles. The second kappa shape index (κ2) is 5.57. The normalized spacial score (nSPS) is 13.0. The summed E-state index contributed by atoms with van der Waals surface area (Å²) in [5.74, 6) is -3.03. The van der Waals surface area contributed by atoms with Gasteiger partial charge in [-0.25, -0.2) is 8.78 Å². The van der Waals surface area contributed by atoms with Crippen LogP contribution < -0.4 is 11.1 Å². The van der Waals surface area contributed by atoms with E-state index in [1.807, 2.05) is 13.8 Å². The standard InChI is InChI=1S/C11H22F2N2O/c1-8(2)5-10(3,4)9(16)15-7-11(12,13)6-14/h8H,5-7,14H2,1-4H3,(H,15,16). The minimum Gasteiger partial charge on any atom is -0.350 e. The number of hydrogen-bond acceptors (Lipinski definition) is 2. The lowest BCUT2D eigenvalue weighted by atomic mass is 9.83. The van der Waals surface area contributed by atoms with Crippen molar-refractivity contribution in [2.75, 3.05) is 13.1 Å². The van der Waals surface area contributed by atoms with Gasteiger partial charge in [0.2, 0.25) is 5.91 Å². The third kappa shape index (κ3) is 5.39. The molecule has 1 amide bonds. The SMILES string of the molecule is CC(C)CC(C)(C)C(=O)NCC(F)(F)CN. The highest BCUT2D eigenvalue weighted by molar-refractivity contribution is 5.81. The third-order valence-electron chi connectivity index (χ3n) is 2.34. The first-order chi connectivity index (χ1) is 7.10. The van der Waals surface area contributed by atoms with Crippen LogP contribution in [0.1, 0.15) is 34.1 Å². The summed E-state index contributed by atoms with van der Waals surface area (Å²) in [6, 6.07) is 0. The number of nitrogens with two attached hydrogens (primary N) is 1. The first kappa shape index (κ1) is 15.3. The molecular formula is C11H22F2N2O. The van der Waals surface area contributed by atoms with Gasteiger partial charge in [0.15, 0.2) is 0 Å². The van der Waals surface area contributed by atoms with Gasteiger partial charge in [-0.3, -0.25) is 4.79 Å². The van der Waals surface area contributed by atoms with Gasteiger partial charge in [0, 0.05) is 5.41 Å². The highest BCUT2D eigenvalue weighted by Gasteiger charge is 2.32. The van der Waals surface area contributed by atoms with E-state index < -0.39 is 24.4 Å². The van der Waals surface area contributed by atoms with E-state index in [1.54, 1.807) is 13.8 Å². The molecule has 0 saturated heterocycles. The van der Waals surface area contributed by atoms with E-state index in [0.717, 1.165) is 0 Å². The Morgan fingerprint density at radius 3 is 2.25 bits per heavy atom. The Morgan fingerprint density at radius 1 is 1.38 bits per heavy atom. The minimum atomic E-state index is -3.02. The highest BCUT2D eigenvalue weighted by atomic mass is 19.3. The van der Waals surface area contributed by atoms with Crippen LogP contribution in [0, 0.1) is 11.3 Å². The van der Waals surface area contributed by atoms with Gasteiger partial charge in [0.1, 0.15) is 0 Å². The molecule has 3 N–H and O–H groups in total. The molecule has 16 heavy (non-hydrogen) atoms. The quantitative estimate of drug-likeness (QED) is 0.738. The van der Waals surface area contributed by atoms with Crippen molar-refractivity contribution in [1.82, 2.24) is 5.32 Å². The molecule has 0 atom stereocenters.